The van der Waals surface area contributed by atoms with E-state index in [0.717, 1.165) is 24.6 Å². The minimum atomic E-state index is -4.58. The van der Waals surface area contributed by atoms with Crippen LogP contribution in [0.5, 0.6) is 0 Å². The van der Waals surface area contributed by atoms with Crippen LogP contribution in [-0.2, 0) is 16.2 Å². The van der Waals surface area contributed by atoms with Gasteiger partial charge in [0.25, 0.3) is 15.9 Å². The predicted octanol–water partition coefficient (Wildman–Crippen LogP) is 4.38. The maximum atomic E-state index is 12.8. The number of sulfonamides is 1. The number of benzene rings is 2. The normalized spacial score (nSPS) is 13.1. The van der Waals surface area contributed by atoms with E-state index in [1.165, 1.54) is 30.3 Å². The lowest BCUT2D eigenvalue weighted by Gasteiger charge is -2.23. The molecule has 9 heteroatoms. The van der Waals surface area contributed by atoms with E-state index in [1.54, 1.807) is 11.9 Å². The van der Waals surface area contributed by atoms with E-state index in [-0.39, 0.29) is 22.5 Å². The molecule has 0 bridgehead atoms. The van der Waals surface area contributed by atoms with Gasteiger partial charge in [-0.3, -0.25) is 9.52 Å². The second-order valence-corrected chi connectivity index (χ2v) is 8.06. The van der Waals surface area contributed by atoms with Gasteiger partial charge in [-0.2, -0.15) is 13.2 Å². The average molecular weight is 414 g/mol. The smallest absolute Gasteiger partial charge is 0.339 e. The highest BCUT2D eigenvalue weighted by molar-refractivity contribution is 7.92. The van der Waals surface area contributed by atoms with Gasteiger partial charge in [0.15, 0.2) is 0 Å². The Hall–Kier alpha value is -2.55. The summed E-state index contributed by atoms with van der Waals surface area (Å²) in [6.07, 6.45) is -3.80. The fraction of sp³-hybridized carbons (Fsp3) is 0.316. The van der Waals surface area contributed by atoms with Gasteiger partial charge in [-0.25, -0.2) is 8.42 Å². The third-order valence-corrected chi connectivity index (χ3v) is 5.82. The molecular formula is C19H21F3N2O3S. The number of carbonyl (C=O) groups is 1. The first kappa shape index (κ1) is 21.7. The molecule has 0 radical (unpaired) electrons. The number of hydrogen-bond acceptors (Lipinski definition) is 3. The van der Waals surface area contributed by atoms with Crippen molar-refractivity contribution >= 4 is 21.6 Å². The summed E-state index contributed by atoms with van der Waals surface area (Å²) in [6.45, 7) is 3.85. The molecule has 0 heterocycles. The summed E-state index contributed by atoms with van der Waals surface area (Å²) in [6, 6.07) is 9.19. The molecule has 5 nitrogen and oxygen atoms in total. The van der Waals surface area contributed by atoms with Gasteiger partial charge in [0.2, 0.25) is 0 Å². The minimum Gasteiger partial charge on any atom is -0.339 e. The molecule has 0 saturated heterocycles. The van der Waals surface area contributed by atoms with Crippen LogP contribution in [0.4, 0.5) is 18.9 Å². The highest BCUT2D eigenvalue weighted by atomic mass is 32.2. The summed E-state index contributed by atoms with van der Waals surface area (Å²) in [5, 5.41) is 0. The summed E-state index contributed by atoms with van der Waals surface area (Å²) in [7, 11) is -2.44. The summed E-state index contributed by atoms with van der Waals surface area (Å²) >= 11 is 0. The Morgan fingerprint density at radius 2 is 1.75 bits per heavy atom. The summed E-state index contributed by atoms with van der Waals surface area (Å²) < 4.78 is 65.3. The van der Waals surface area contributed by atoms with Crippen molar-refractivity contribution < 1.29 is 26.4 Å². The quantitative estimate of drug-likeness (QED) is 0.763. The molecule has 0 aromatic heterocycles. The second kappa shape index (κ2) is 8.22. The summed E-state index contributed by atoms with van der Waals surface area (Å²) in [5.74, 6) is -0.246. The molecule has 28 heavy (non-hydrogen) atoms. The maximum absolute atomic E-state index is 12.8. The van der Waals surface area contributed by atoms with Gasteiger partial charge in [-0.1, -0.05) is 13.0 Å². The van der Waals surface area contributed by atoms with Crippen molar-refractivity contribution in [2.75, 3.05) is 11.8 Å². The zero-order valence-corrected chi connectivity index (χ0v) is 16.4. The number of halogens is 3. The van der Waals surface area contributed by atoms with Crippen LogP contribution in [0.3, 0.4) is 0 Å². The van der Waals surface area contributed by atoms with E-state index >= 15 is 0 Å². The van der Waals surface area contributed by atoms with Crippen LogP contribution in [-0.4, -0.2) is 32.3 Å². The van der Waals surface area contributed by atoms with E-state index in [1.807, 2.05) is 13.8 Å². The number of anilines is 1. The molecule has 0 fully saturated rings. The first-order valence-corrected chi connectivity index (χ1v) is 10.0. The van der Waals surface area contributed by atoms with Crippen molar-refractivity contribution in [1.29, 1.82) is 0 Å². The second-order valence-electron chi connectivity index (χ2n) is 6.38. The molecular weight excluding hydrogens is 393 g/mol. The van der Waals surface area contributed by atoms with Gasteiger partial charge in [0.05, 0.1) is 10.5 Å². The lowest BCUT2D eigenvalue weighted by molar-refractivity contribution is -0.137. The predicted molar refractivity (Wildman–Crippen MR) is 101 cm³/mol. The van der Waals surface area contributed by atoms with Gasteiger partial charge in [0.1, 0.15) is 0 Å². The molecule has 1 unspecified atom stereocenters. The lowest BCUT2D eigenvalue weighted by atomic mass is 10.1. The van der Waals surface area contributed by atoms with Crippen molar-refractivity contribution in [2.24, 2.45) is 0 Å². The molecule has 2 rings (SSSR count). The number of hydrogen-bond donors (Lipinski definition) is 1. The third-order valence-electron chi connectivity index (χ3n) is 4.43. The molecule has 2 aromatic rings. The standard InChI is InChI=1S/C19H21F3N2O3S/c1-4-13(2)24(3)18(25)14-8-10-17(11-9-14)28(26,27)23-16-7-5-6-15(12-16)19(20,21)22/h5-13,23H,4H2,1-3H3. The van der Waals surface area contributed by atoms with E-state index in [0.29, 0.717) is 5.56 Å². The molecule has 0 spiro atoms. The minimum absolute atomic E-state index is 0.0264. The van der Waals surface area contributed by atoms with E-state index < -0.39 is 21.8 Å². The monoisotopic (exact) mass is 414 g/mol. The van der Waals surface area contributed by atoms with Crippen molar-refractivity contribution in [3.63, 3.8) is 0 Å². The molecule has 1 atom stereocenters. The largest absolute Gasteiger partial charge is 0.416 e. The first-order chi connectivity index (χ1) is 13.0. The van der Waals surface area contributed by atoms with Gasteiger partial charge in [0, 0.05) is 24.3 Å². The van der Waals surface area contributed by atoms with Crippen LogP contribution in [0.15, 0.2) is 53.4 Å². The Kier molecular flexibility index (Phi) is 6.38. The van der Waals surface area contributed by atoms with E-state index in [9.17, 15) is 26.4 Å². The maximum Gasteiger partial charge on any atom is 0.416 e. The van der Waals surface area contributed by atoms with Crippen LogP contribution in [0.25, 0.3) is 0 Å². The van der Waals surface area contributed by atoms with Crippen LogP contribution in [0.2, 0.25) is 0 Å². The highest BCUT2D eigenvalue weighted by Crippen LogP contribution is 2.31. The topological polar surface area (TPSA) is 66.5 Å². The average Bonchev–Trinajstić information content (AvgIpc) is 2.65. The van der Waals surface area contributed by atoms with Crippen molar-refractivity contribution in [2.45, 2.75) is 37.4 Å². The van der Waals surface area contributed by atoms with Crippen LogP contribution in [0.1, 0.15) is 36.2 Å². The van der Waals surface area contributed by atoms with Gasteiger partial charge in [-0.05, 0) is 55.8 Å². The summed E-state index contributed by atoms with van der Waals surface area (Å²) in [4.78, 5) is 13.8. The third kappa shape index (κ3) is 5.03. The Morgan fingerprint density at radius 3 is 2.29 bits per heavy atom. The fourth-order valence-electron chi connectivity index (χ4n) is 2.43. The van der Waals surface area contributed by atoms with Crippen molar-refractivity contribution in [3.05, 3.63) is 59.7 Å². The SMILES string of the molecule is CCC(C)N(C)C(=O)c1ccc(S(=O)(=O)Nc2cccc(C(F)(F)F)c2)cc1. The van der Waals surface area contributed by atoms with Gasteiger partial charge >= 0.3 is 6.18 Å². The van der Waals surface area contributed by atoms with Crippen molar-refractivity contribution in [1.82, 2.24) is 4.90 Å². The zero-order valence-electron chi connectivity index (χ0n) is 15.6. The molecule has 0 aliphatic rings. The Labute approximate surface area is 162 Å². The molecule has 0 aliphatic carbocycles. The van der Waals surface area contributed by atoms with E-state index in [2.05, 4.69) is 4.72 Å². The number of nitrogens with one attached hydrogen (secondary N) is 1. The van der Waals surface area contributed by atoms with E-state index in [4.69, 9.17) is 0 Å². The Morgan fingerprint density at radius 1 is 1.14 bits per heavy atom. The van der Waals surface area contributed by atoms with Crippen LogP contribution < -0.4 is 4.72 Å². The number of alkyl halides is 3. The Bertz CT molecular complexity index is 942. The molecule has 0 aliphatic heterocycles. The van der Waals surface area contributed by atoms with Crippen LogP contribution in [0, 0.1) is 0 Å². The summed E-state index contributed by atoms with van der Waals surface area (Å²) in [5.41, 5.74) is -0.839. The molecule has 2 aromatic carbocycles. The van der Waals surface area contributed by atoms with Crippen LogP contribution >= 0.6 is 0 Å². The molecule has 1 N–H and O–H groups in total. The van der Waals surface area contributed by atoms with Crippen molar-refractivity contribution in [3.8, 4) is 0 Å². The number of nitrogens with zero attached hydrogens (tertiary/aromatic N) is 1. The Balaban J connectivity index is 2.22. The molecule has 1 amide bonds. The molecule has 152 valence electrons. The van der Waals surface area contributed by atoms with Gasteiger partial charge in [-0.15, -0.1) is 0 Å². The number of rotatable bonds is 6. The number of amides is 1. The van der Waals surface area contributed by atoms with Gasteiger partial charge < -0.3 is 4.90 Å². The zero-order chi connectivity index (χ0) is 21.1. The fourth-order valence-corrected chi connectivity index (χ4v) is 3.48. The lowest BCUT2D eigenvalue weighted by Crippen LogP contribution is -2.34. The highest BCUT2D eigenvalue weighted by Gasteiger charge is 2.30. The first-order valence-electron chi connectivity index (χ1n) is 8.53. The molecule has 0 saturated carbocycles. The number of carbonyl (C=O) groups excluding carboxylic acids is 1.